The van der Waals surface area contributed by atoms with Crippen LogP contribution in [0.4, 0.5) is 0 Å². The predicted octanol–water partition coefficient (Wildman–Crippen LogP) is 2.44. The van der Waals surface area contributed by atoms with Gasteiger partial charge in [-0.2, -0.15) is 0 Å². The Morgan fingerprint density at radius 1 is 1.23 bits per heavy atom. The van der Waals surface area contributed by atoms with E-state index in [1.54, 1.807) is 0 Å². The predicted molar refractivity (Wildman–Crippen MR) is 81.6 cm³/mol. The number of hydrogen-bond donors (Lipinski definition) is 0. The van der Waals surface area contributed by atoms with Crippen molar-refractivity contribution in [2.45, 2.75) is 50.0 Å². The number of nitrogens with zero attached hydrogens (tertiary/aromatic N) is 1. The Kier molecular flexibility index (Phi) is 3.21. The minimum Gasteiger partial charge on any atom is -0.429 e. The van der Waals surface area contributed by atoms with Gasteiger partial charge in [-0.25, -0.2) is 0 Å². The lowest BCUT2D eigenvalue weighted by Gasteiger charge is -2.58. The molecule has 1 saturated carbocycles. The quantitative estimate of drug-likeness (QED) is 0.805. The number of carbonyl (C=O) groups excluding carboxylic acids is 2. The van der Waals surface area contributed by atoms with Crippen molar-refractivity contribution in [1.29, 1.82) is 0 Å². The molecule has 3 atom stereocenters. The Hall–Kier alpha value is -1.84. The summed E-state index contributed by atoms with van der Waals surface area (Å²) < 4.78 is 5.08. The van der Waals surface area contributed by atoms with E-state index in [1.807, 2.05) is 11.0 Å². The molecule has 22 heavy (non-hydrogen) atoms. The van der Waals surface area contributed by atoms with E-state index in [-0.39, 0.29) is 5.41 Å². The van der Waals surface area contributed by atoms with Gasteiger partial charge in [0.05, 0.1) is 0 Å². The summed E-state index contributed by atoms with van der Waals surface area (Å²) in [4.78, 5) is 24.1. The fourth-order valence-electron chi connectivity index (χ4n) is 5.27. The van der Waals surface area contributed by atoms with Crippen LogP contribution in [0.25, 0.3) is 0 Å². The smallest absolute Gasteiger partial charge is 0.298 e. The average Bonchev–Trinajstić information content (AvgIpc) is 2.56. The topological polar surface area (TPSA) is 46.6 Å². The third kappa shape index (κ3) is 1.82. The second-order valence-corrected chi connectivity index (χ2v) is 6.91. The highest BCUT2D eigenvalue weighted by Gasteiger charge is 2.53. The van der Waals surface area contributed by atoms with E-state index in [0.29, 0.717) is 24.2 Å². The maximum atomic E-state index is 11.5. The first kappa shape index (κ1) is 13.8. The normalized spacial score (nSPS) is 32.6. The molecule has 3 aliphatic rings. The number of carbonyl (C=O) groups is 2. The van der Waals surface area contributed by atoms with Crippen LogP contribution < -0.4 is 4.74 Å². The molecule has 4 nitrogen and oxygen atoms in total. The molecule has 0 spiro atoms. The minimum absolute atomic E-state index is 0.179. The molecule has 4 heteroatoms. The molecule has 1 aromatic carbocycles. The fourth-order valence-corrected chi connectivity index (χ4v) is 5.27. The van der Waals surface area contributed by atoms with Crippen molar-refractivity contribution in [3.8, 4) is 5.75 Å². The number of hydrogen-bond acceptors (Lipinski definition) is 3. The number of benzene rings is 1. The van der Waals surface area contributed by atoms with Gasteiger partial charge in [0.15, 0.2) is 0 Å². The lowest BCUT2D eigenvalue weighted by molar-refractivity contribution is -0.127. The Labute approximate surface area is 130 Å². The fraction of sp³-hybridized carbons (Fsp3) is 0.556. The second-order valence-electron chi connectivity index (χ2n) is 6.91. The maximum Gasteiger partial charge on any atom is 0.298 e. The van der Waals surface area contributed by atoms with E-state index in [2.05, 4.69) is 12.1 Å². The molecule has 2 aliphatic carbocycles. The number of piperidine rings is 1. The van der Waals surface area contributed by atoms with E-state index in [1.165, 1.54) is 36.8 Å². The van der Waals surface area contributed by atoms with Crippen molar-refractivity contribution in [3.63, 3.8) is 0 Å². The zero-order valence-electron chi connectivity index (χ0n) is 12.7. The van der Waals surface area contributed by atoms with Gasteiger partial charge in [-0.3, -0.25) is 9.59 Å². The van der Waals surface area contributed by atoms with Crippen molar-refractivity contribution in [1.82, 2.24) is 4.90 Å². The van der Waals surface area contributed by atoms with E-state index in [9.17, 15) is 9.59 Å². The molecule has 0 radical (unpaired) electrons. The summed E-state index contributed by atoms with van der Waals surface area (Å²) in [5.74, 6) is 1.20. The van der Waals surface area contributed by atoms with Gasteiger partial charge in [-0.1, -0.05) is 18.9 Å². The SMILES string of the molecule is O=COc1ccc2c(c1)[C@]13CCCC[C@H]1[C@H](C2)N(C=O)CC3. The van der Waals surface area contributed by atoms with Crippen LogP contribution in [0, 0.1) is 5.92 Å². The van der Waals surface area contributed by atoms with Crippen LogP contribution in [0.15, 0.2) is 18.2 Å². The van der Waals surface area contributed by atoms with Crippen molar-refractivity contribution < 1.29 is 14.3 Å². The molecule has 2 bridgehead atoms. The summed E-state index contributed by atoms with van der Waals surface area (Å²) in [6.07, 6.45) is 7.91. The Morgan fingerprint density at radius 2 is 2.14 bits per heavy atom. The molecule has 1 aromatic rings. The third-order valence-electron chi connectivity index (χ3n) is 6.17. The number of rotatable bonds is 3. The zero-order valence-corrected chi connectivity index (χ0v) is 12.7. The lowest BCUT2D eigenvalue weighted by Crippen LogP contribution is -2.60. The van der Waals surface area contributed by atoms with Crippen molar-refractivity contribution in [2.24, 2.45) is 5.92 Å². The van der Waals surface area contributed by atoms with Gasteiger partial charge < -0.3 is 9.64 Å². The second kappa shape index (κ2) is 5.11. The molecule has 2 fully saturated rings. The van der Waals surface area contributed by atoms with Gasteiger partial charge in [0, 0.05) is 18.0 Å². The Balaban J connectivity index is 1.84. The summed E-state index contributed by atoms with van der Waals surface area (Å²) >= 11 is 0. The molecule has 1 amide bonds. The van der Waals surface area contributed by atoms with E-state index in [4.69, 9.17) is 4.74 Å². The standard InChI is InChI=1S/C18H21NO3/c20-11-19-8-7-18-6-2-1-3-15(18)17(19)9-13-4-5-14(22-12-21)10-16(13)18/h4-5,10-12,15,17H,1-3,6-9H2/t15-,17-,18-/m0/s1. The van der Waals surface area contributed by atoms with Crippen LogP contribution >= 0.6 is 0 Å². The highest BCUT2D eigenvalue weighted by molar-refractivity contribution is 5.54. The van der Waals surface area contributed by atoms with E-state index in [0.717, 1.165) is 25.8 Å². The van der Waals surface area contributed by atoms with Crippen LogP contribution in [0.3, 0.4) is 0 Å². The summed E-state index contributed by atoms with van der Waals surface area (Å²) in [7, 11) is 0. The molecule has 0 unspecified atom stereocenters. The summed E-state index contributed by atoms with van der Waals surface area (Å²) in [6, 6.07) is 6.38. The van der Waals surface area contributed by atoms with Crippen LogP contribution in [0.1, 0.15) is 43.2 Å². The van der Waals surface area contributed by atoms with Gasteiger partial charge >= 0.3 is 0 Å². The van der Waals surface area contributed by atoms with Crippen molar-refractivity contribution in [3.05, 3.63) is 29.3 Å². The molecular formula is C18H21NO3. The van der Waals surface area contributed by atoms with Crippen molar-refractivity contribution in [2.75, 3.05) is 6.54 Å². The number of ether oxygens (including phenoxy) is 1. The highest BCUT2D eigenvalue weighted by atomic mass is 16.5. The summed E-state index contributed by atoms with van der Waals surface area (Å²) in [6.45, 7) is 1.35. The van der Waals surface area contributed by atoms with Crippen LogP contribution in [-0.2, 0) is 21.4 Å². The molecular weight excluding hydrogens is 278 g/mol. The first-order chi connectivity index (χ1) is 10.8. The number of fused-ring (bicyclic) bond motifs is 1. The van der Waals surface area contributed by atoms with Crippen LogP contribution in [0.2, 0.25) is 0 Å². The highest BCUT2D eigenvalue weighted by Crippen LogP contribution is 2.55. The number of amides is 1. The van der Waals surface area contributed by atoms with E-state index >= 15 is 0 Å². The molecule has 0 aromatic heterocycles. The zero-order chi connectivity index (χ0) is 15.2. The monoisotopic (exact) mass is 299 g/mol. The van der Waals surface area contributed by atoms with Gasteiger partial charge in [0.1, 0.15) is 5.75 Å². The van der Waals surface area contributed by atoms with Gasteiger partial charge in [0.2, 0.25) is 6.41 Å². The van der Waals surface area contributed by atoms with Crippen molar-refractivity contribution >= 4 is 12.9 Å². The molecule has 4 rings (SSSR count). The lowest BCUT2D eigenvalue weighted by atomic mass is 9.52. The average molecular weight is 299 g/mol. The molecule has 1 heterocycles. The van der Waals surface area contributed by atoms with Crippen LogP contribution in [-0.4, -0.2) is 30.4 Å². The van der Waals surface area contributed by atoms with Gasteiger partial charge in [-0.05, 0) is 54.9 Å². The molecule has 0 N–H and O–H groups in total. The minimum atomic E-state index is 0.179. The van der Waals surface area contributed by atoms with Gasteiger partial charge in [-0.15, -0.1) is 0 Å². The van der Waals surface area contributed by atoms with E-state index < -0.39 is 0 Å². The first-order valence-electron chi connectivity index (χ1n) is 8.23. The maximum absolute atomic E-state index is 11.5. The molecule has 1 saturated heterocycles. The first-order valence-corrected chi connectivity index (χ1v) is 8.23. The molecule has 1 aliphatic heterocycles. The third-order valence-corrected chi connectivity index (χ3v) is 6.17. The Morgan fingerprint density at radius 3 is 2.95 bits per heavy atom. The molecule has 116 valence electrons. The van der Waals surface area contributed by atoms with Crippen LogP contribution in [0.5, 0.6) is 5.75 Å². The summed E-state index contributed by atoms with van der Waals surface area (Å²) in [5.41, 5.74) is 2.88. The summed E-state index contributed by atoms with van der Waals surface area (Å²) in [5, 5.41) is 0. The number of likely N-dealkylation sites (tertiary alicyclic amines) is 1. The largest absolute Gasteiger partial charge is 0.429 e. The Bertz CT molecular complexity index is 614. The van der Waals surface area contributed by atoms with Gasteiger partial charge in [0.25, 0.3) is 6.47 Å².